The molecular weight excluding hydrogens is 212 g/mol. The minimum Gasteiger partial charge on any atom is -0.377 e. The van der Waals surface area contributed by atoms with Crippen molar-refractivity contribution in [1.29, 1.82) is 0 Å². The lowest BCUT2D eigenvalue weighted by atomic mass is 9.86. The number of nitrogens with one attached hydrogen (secondary N) is 1. The molecule has 2 unspecified atom stereocenters. The highest BCUT2D eigenvalue weighted by Crippen LogP contribution is 2.21. The van der Waals surface area contributed by atoms with Crippen molar-refractivity contribution in [2.24, 2.45) is 5.41 Å². The lowest BCUT2D eigenvalue weighted by molar-refractivity contribution is 0.0634. The van der Waals surface area contributed by atoms with Crippen LogP contribution >= 0.6 is 0 Å². The van der Waals surface area contributed by atoms with Crippen molar-refractivity contribution in [3.05, 3.63) is 0 Å². The summed E-state index contributed by atoms with van der Waals surface area (Å²) in [6.07, 6.45) is 1.53. The Bertz CT molecular complexity index is 213. The van der Waals surface area contributed by atoms with Crippen molar-refractivity contribution >= 4 is 0 Å². The van der Waals surface area contributed by atoms with Crippen LogP contribution in [0, 0.1) is 5.41 Å². The number of rotatable bonds is 4. The van der Waals surface area contributed by atoms with Crippen LogP contribution in [0.3, 0.4) is 0 Å². The van der Waals surface area contributed by atoms with E-state index in [-0.39, 0.29) is 0 Å². The summed E-state index contributed by atoms with van der Waals surface area (Å²) in [6, 6.07) is 0.554. The van der Waals surface area contributed by atoms with Gasteiger partial charge in [-0.2, -0.15) is 0 Å². The van der Waals surface area contributed by atoms with E-state index in [0.29, 0.717) is 17.6 Å². The average molecular weight is 242 g/mol. The lowest BCUT2D eigenvalue weighted by Gasteiger charge is -2.36. The summed E-state index contributed by atoms with van der Waals surface area (Å²) in [5.74, 6) is 0. The Morgan fingerprint density at radius 2 is 2.12 bits per heavy atom. The van der Waals surface area contributed by atoms with Gasteiger partial charge >= 0.3 is 0 Å². The van der Waals surface area contributed by atoms with E-state index in [0.717, 1.165) is 32.7 Å². The molecule has 1 fully saturated rings. The van der Waals surface area contributed by atoms with Crippen LogP contribution in [-0.2, 0) is 4.74 Å². The molecule has 0 aromatic carbocycles. The second kappa shape index (κ2) is 6.72. The topological polar surface area (TPSA) is 24.5 Å². The highest BCUT2D eigenvalue weighted by molar-refractivity contribution is 4.84. The van der Waals surface area contributed by atoms with Crippen LogP contribution < -0.4 is 5.32 Å². The van der Waals surface area contributed by atoms with Crippen molar-refractivity contribution in [2.75, 3.05) is 32.8 Å². The molecule has 1 saturated heterocycles. The summed E-state index contributed by atoms with van der Waals surface area (Å²) in [5, 5.41) is 3.62. The quantitative estimate of drug-likeness (QED) is 0.817. The Labute approximate surface area is 107 Å². The Balaban J connectivity index is 2.53. The van der Waals surface area contributed by atoms with Crippen LogP contribution in [-0.4, -0.2) is 49.8 Å². The fourth-order valence-corrected chi connectivity index (χ4v) is 2.40. The molecule has 1 rings (SSSR count). The minimum atomic E-state index is 0.312. The second-order valence-corrected chi connectivity index (χ2v) is 6.27. The number of nitrogens with zero attached hydrogens (tertiary/aromatic N) is 1. The first kappa shape index (κ1) is 14.9. The maximum atomic E-state index is 5.70. The molecule has 3 heteroatoms. The number of likely N-dealkylation sites (N-methyl/N-ethyl adjacent to an activating group) is 1. The highest BCUT2D eigenvalue weighted by atomic mass is 16.5. The summed E-state index contributed by atoms with van der Waals surface area (Å²) >= 11 is 0. The molecule has 0 aromatic heterocycles. The van der Waals surface area contributed by atoms with Gasteiger partial charge in [0.05, 0.1) is 6.10 Å². The van der Waals surface area contributed by atoms with Gasteiger partial charge in [-0.3, -0.25) is 4.90 Å². The molecule has 0 aromatic rings. The molecule has 1 aliphatic heterocycles. The smallest absolute Gasteiger partial charge is 0.0673 e. The molecule has 3 nitrogen and oxygen atoms in total. The Hall–Kier alpha value is -0.120. The van der Waals surface area contributed by atoms with Crippen LogP contribution in [0.25, 0.3) is 0 Å². The molecule has 0 aliphatic carbocycles. The van der Waals surface area contributed by atoms with Crippen LogP contribution in [0.15, 0.2) is 0 Å². The first-order valence-corrected chi connectivity index (χ1v) is 7.00. The van der Waals surface area contributed by atoms with Crippen LogP contribution in [0.4, 0.5) is 0 Å². The van der Waals surface area contributed by atoms with Crippen LogP contribution in [0.5, 0.6) is 0 Å². The molecule has 2 atom stereocenters. The summed E-state index contributed by atoms with van der Waals surface area (Å²) in [5.41, 5.74) is 0.312. The van der Waals surface area contributed by atoms with Gasteiger partial charge < -0.3 is 10.1 Å². The van der Waals surface area contributed by atoms with E-state index in [1.807, 2.05) is 0 Å². The molecule has 0 saturated carbocycles. The van der Waals surface area contributed by atoms with Gasteiger partial charge in [-0.05, 0) is 25.3 Å². The molecule has 1 heterocycles. The van der Waals surface area contributed by atoms with Crippen molar-refractivity contribution in [2.45, 2.75) is 53.2 Å². The van der Waals surface area contributed by atoms with E-state index in [1.165, 1.54) is 6.54 Å². The summed E-state index contributed by atoms with van der Waals surface area (Å²) in [6.45, 7) is 16.6. The zero-order chi connectivity index (χ0) is 12.9. The SMILES string of the molecule is CCNC(CN1CCCOC(C)C1)C(C)(C)C. The Kier molecular flexibility index (Phi) is 5.90. The maximum absolute atomic E-state index is 5.70. The molecule has 1 aliphatic rings. The van der Waals surface area contributed by atoms with E-state index < -0.39 is 0 Å². The summed E-state index contributed by atoms with van der Waals surface area (Å²) in [4.78, 5) is 2.55. The summed E-state index contributed by atoms with van der Waals surface area (Å²) in [7, 11) is 0. The van der Waals surface area contributed by atoms with E-state index in [4.69, 9.17) is 4.74 Å². The first-order chi connectivity index (χ1) is 7.93. The van der Waals surface area contributed by atoms with Crippen LogP contribution in [0.1, 0.15) is 41.0 Å². The summed E-state index contributed by atoms with van der Waals surface area (Å²) < 4.78 is 5.70. The van der Waals surface area contributed by atoms with Crippen molar-refractivity contribution < 1.29 is 4.74 Å². The second-order valence-electron chi connectivity index (χ2n) is 6.27. The van der Waals surface area contributed by atoms with Gasteiger partial charge in [0.25, 0.3) is 0 Å². The molecule has 0 spiro atoms. The van der Waals surface area contributed by atoms with E-state index in [2.05, 4.69) is 44.8 Å². The van der Waals surface area contributed by atoms with Gasteiger partial charge in [0.15, 0.2) is 0 Å². The number of hydrogen-bond acceptors (Lipinski definition) is 3. The van der Waals surface area contributed by atoms with Gasteiger partial charge in [0.2, 0.25) is 0 Å². The number of ether oxygens (including phenoxy) is 1. The van der Waals surface area contributed by atoms with Crippen molar-refractivity contribution in [1.82, 2.24) is 10.2 Å². The van der Waals surface area contributed by atoms with Gasteiger partial charge in [0, 0.05) is 32.3 Å². The molecule has 1 N–H and O–H groups in total. The standard InChI is InChI=1S/C14H30N2O/c1-6-15-13(14(3,4)5)11-16-8-7-9-17-12(2)10-16/h12-13,15H,6-11H2,1-5H3. The molecule has 0 bridgehead atoms. The van der Waals surface area contributed by atoms with Crippen LogP contribution in [0.2, 0.25) is 0 Å². The predicted molar refractivity (Wildman–Crippen MR) is 73.4 cm³/mol. The first-order valence-electron chi connectivity index (χ1n) is 7.00. The third-order valence-electron chi connectivity index (χ3n) is 3.47. The Morgan fingerprint density at radius 1 is 1.41 bits per heavy atom. The molecule has 17 heavy (non-hydrogen) atoms. The monoisotopic (exact) mass is 242 g/mol. The maximum Gasteiger partial charge on any atom is 0.0673 e. The van der Waals surface area contributed by atoms with E-state index >= 15 is 0 Å². The normalized spacial score (nSPS) is 25.6. The third kappa shape index (κ3) is 5.36. The third-order valence-corrected chi connectivity index (χ3v) is 3.47. The zero-order valence-corrected chi connectivity index (χ0v) is 12.3. The minimum absolute atomic E-state index is 0.312. The van der Waals surface area contributed by atoms with Crippen molar-refractivity contribution in [3.8, 4) is 0 Å². The molecule has 0 amide bonds. The Morgan fingerprint density at radius 3 is 2.71 bits per heavy atom. The zero-order valence-electron chi connectivity index (χ0n) is 12.3. The van der Waals surface area contributed by atoms with Crippen molar-refractivity contribution in [3.63, 3.8) is 0 Å². The molecular formula is C14H30N2O. The average Bonchev–Trinajstić information content (AvgIpc) is 2.41. The largest absolute Gasteiger partial charge is 0.377 e. The highest BCUT2D eigenvalue weighted by Gasteiger charge is 2.27. The van der Waals surface area contributed by atoms with Gasteiger partial charge in [0.1, 0.15) is 0 Å². The fourth-order valence-electron chi connectivity index (χ4n) is 2.40. The fraction of sp³-hybridized carbons (Fsp3) is 1.00. The van der Waals surface area contributed by atoms with E-state index in [9.17, 15) is 0 Å². The number of hydrogen-bond donors (Lipinski definition) is 1. The van der Waals surface area contributed by atoms with Gasteiger partial charge in [-0.25, -0.2) is 0 Å². The molecule has 0 radical (unpaired) electrons. The lowest BCUT2D eigenvalue weighted by Crippen LogP contribution is -2.49. The van der Waals surface area contributed by atoms with E-state index in [1.54, 1.807) is 0 Å². The van der Waals surface area contributed by atoms with Gasteiger partial charge in [-0.1, -0.05) is 27.7 Å². The predicted octanol–water partition coefficient (Wildman–Crippen LogP) is 2.12. The molecule has 102 valence electrons. The van der Waals surface area contributed by atoms with Gasteiger partial charge in [-0.15, -0.1) is 0 Å².